The van der Waals surface area contributed by atoms with Crippen LogP contribution in [0.1, 0.15) is 38.3 Å². The van der Waals surface area contributed by atoms with Crippen molar-refractivity contribution >= 4 is 12.4 Å². The van der Waals surface area contributed by atoms with E-state index < -0.39 is 0 Å². The average Bonchev–Trinajstić information content (AvgIpc) is 2.82. The number of rotatable bonds is 3. The maximum Gasteiger partial charge on any atom is 0.0234 e. The molecule has 0 aliphatic carbocycles. The summed E-state index contributed by atoms with van der Waals surface area (Å²) in [6.45, 7) is 10.1. The van der Waals surface area contributed by atoms with Crippen molar-refractivity contribution in [1.82, 2.24) is 10.2 Å². The van der Waals surface area contributed by atoms with E-state index in [1.807, 2.05) is 0 Å². The van der Waals surface area contributed by atoms with E-state index in [1.54, 1.807) is 0 Å². The molecule has 108 valence electrons. The fourth-order valence-corrected chi connectivity index (χ4v) is 2.54. The monoisotopic (exact) mass is 282 g/mol. The lowest BCUT2D eigenvalue weighted by Gasteiger charge is -2.24. The summed E-state index contributed by atoms with van der Waals surface area (Å²) in [6.07, 6.45) is 1.27. The van der Waals surface area contributed by atoms with Crippen molar-refractivity contribution in [3.8, 4) is 0 Å². The van der Waals surface area contributed by atoms with Gasteiger partial charge in [-0.1, -0.05) is 45.0 Å². The minimum absolute atomic E-state index is 0. The van der Waals surface area contributed by atoms with E-state index in [4.69, 9.17) is 0 Å². The van der Waals surface area contributed by atoms with Crippen LogP contribution >= 0.6 is 12.4 Å². The van der Waals surface area contributed by atoms with Crippen molar-refractivity contribution in [2.75, 3.05) is 20.1 Å². The van der Waals surface area contributed by atoms with Gasteiger partial charge in [0.15, 0.2) is 0 Å². The van der Waals surface area contributed by atoms with Gasteiger partial charge in [0.2, 0.25) is 0 Å². The van der Waals surface area contributed by atoms with E-state index in [0.29, 0.717) is 6.04 Å². The van der Waals surface area contributed by atoms with Crippen LogP contribution in [0.3, 0.4) is 0 Å². The largest absolute Gasteiger partial charge is 0.315 e. The molecule has 0 radical (unpaired) electrons. The number of halogens is 1. The molecule has 1 unspecified atom stereocenters. The Balaban J connectivity index is 0.00000180. The number of benzene rings is 1. The van der Waals surface area contributed by atoms with E-state index in [-0.39, 0.29) is 17.8 Å². The van der Waals surface area contributed by atoms with Gasteiger partial charge in [-0.15, -0.1) is 12.4 Å². The molecule has 1 saturated heterocycles. The number of nitrogens with one attached hydrogen (secondary N) is 1. The molecule has 0 spiro atoms. The molecule has 1 aromatic rings. The zero-order valence-electron chi connectivity index (χ0n) is 12.6. The first-order chi connectivity index (χ1) is 8.47. The third-order valence-electron chi connectivity index (χ3n) is 3.91. The summed E-state index contributed by atoms with van der Waals surface area (Å²) in [4.78, 5) is 2.46. The highest BCUT2D eigenvalue weighted by atomic mass is 35.5. The van der Waals surface area contributed by atoms with Crippen molar-refractivity contribution < 1.29 is 0 Å². The molecule has 2 rings (SSSR count). The minimum Gasteiger partial charge on any atom is -0.315 e. The molecule has 1 N–H and O–H groups in total. The lowest BCUT2D eigenvalue weighted by molar-refractivity contribution is 0.249. The summed E-state index contributed by atoms with van der Waals surface area (Å²) in [5, 5.41) is 3.43. The van der Waals surface area contributed by atoms with Crippen molar-refractivity contribution in [2.45, 2.75) is 45.2 Å². The van der Waals surface area contributed by atoms with Gasteiger partial charge >= 0.3 is 0 Å². The molecule has 0 bridgehead atoms. The van der Waals surface area contributed by atoms with Crippen LogP contribution in [0, 0.1) is 0 Å². The van der Waals surface area contributed by atoms with Gasteiger partial charge in [-0.2, -0.15) is 0 Å². The highest BCUT2D eigenvalue weighted by Crippen LogP contribution is 2.22. The highest BCUT2D eigenvalue weighted by Gasteiger charge is 2.19. The van der Waals surface area contributed by atoms with E-state index in [0.717, 1.165) is 19.6 Å². The normalized spacial score (nSPS) is 19.5. The van der Waals surface area contributed by atoms with E-state index >= 15 is 0 Å². The summed E-state index contributed by atoms with van der Waals surface area (Å²) in [5.41, 5.74) is 3.08. The number of likely N-dealkylation sites (N-methyl/N-ethyl adjacent to an activating group) is 1. The summed E-state index contributed by atoms with van der Waals surface area (Å²) >= 11 is 0. The van der Waals surface area contributed by atoms with Crippen molar-refractivity contribution in [3.05, 3.63) is 35.4 Å². The lowest BCUT2D eigenvalue weighted by atomic mass is 9.87. The van der Waals surface area contributed by atoms with Crippen LogP contribution in [-0.2, 0) is 12.0 Å². The second-order valence-corrected chi connectivity index (χ2v) is 6.51. The van der Waals surface area contributed by atoms with E-state index in [1.165, 1.54) is 17.5 Å². The third kappa shape index (κ3) is 4.48. The van der Waals surface area contributed by atoms with E-state index in [9.17, 15) is 0 Å². The van der Waals surface area contributed by atoms with Crippen molar-refractivity contribution in [2.24, 2.45) is 0 Å². The zero-order chi connectivity index (χ0) is 13.2. The van der Waals surface area contributed by atoms with Gasteiger partial charge in [0.05, 0.1) is 0 Å². The molecule has 2 nitrogen and oxygen atoms in total. The Morgan fingerprint density at radius 2 is 1.84 bits per heavy atom. The number of hydrogen-bond acceptors (Lipinski definition) is 2. The third-order valence-corrected chi connectivity index (χ3v) is 3.91. The zero-order valence-corrected chi connectivity index (χ0v) is 13.4. The van der Waals surface area contributed by atoms with Crippen LogP contribution in [0.2, 0.25) is 0 Å². The Morgan fingerprint density at radius 1 is 1.21 bits per heavy atom. The molecule has 0 aromatic heterocycles. The quantitative estimate of drug-likeness (QED) is 0.916. The lowest BCUT2D eigenvalue weighted by Crippen LogP contribution is -2.32. The Morgan fingerprint density at radius 3 is 2.32 bits per heavy atom. The molecule has 1 atom stereocenters. The summed E-state index contributed by atoms with van der Waals surface area (Å²) in [7, 11) is 2.23. The molecule has 1 heterocycles. The summed E-state index contributed by atoms with van der Waals surface area (Å²) < 4.78 is 0. The van der Waals surface area contributed by atoms with Crippen LogP contribution in [-0.4, -0.2) is 31.1 Å². The molecule has 19 heavy (non-hydrogen) atoms. The Hall–Kier alpha value is -0.570. The standard InChI is InChI=1S/C16H26N2.ClH/c1-16(2,3)14-7-5-13(6-8-14)12-18(4)15-9-10-17-11-15;/h5-8,15,17H,9-12H2,1-4H3;1H. The second-order valence-electron chi connectivity index (χ2n) is 6.51. The van der Waals surface area contributed by atoms with Crippen LogP contribution in [0.4, 0.5) is 0 Å². The van der Waals surface area contributed by atoms with Crippen LogP contribution < -0.4 is 5.32 Å². The van der Waals surface area contributed by atoms with Gasteiger partial charge in [-0.05, 0) is 36.6 Å². The van der Waals surface area contributed by atoms with E-state index in [2.05, 4.69) is 62.3 Å². The summed E-state index contributed by atoms with van der Waals surface area (Å²) in [6, 6.07) is 9.80. The van der Waals surface area contributed by atoms with Gasteiger partial charge < -0.3 is 5.32 Å². The fraction of sp³-hybridized carbons (Fsp3) is 0.625. The predicted octanol–water partition coefficient (Wildman–Crippen LogP) is 3.20. The molecule has 1 aliphatic heterocycles. The van der Waals surface area contributed by atoms with Gasteiger partial charge in [-0.3, -0.25) is 4.90 Å². The van der Waals surface area contributed by atoms with Crippen LogP contribution in [0.5, 0.6) is 0 Å². The second kappa shape index (κ2) is 6.74. The minimum atomic E-state index is 0. The molecule has 1 aromatic carbocycles. The van der Waals surface area contributed by atoms with Crippen LogP contribution in [0.15, 0.2) is 24.3 Å². The molecule has 1 aliphatic rings. The van der Waals surface area contributed by atoms with Crippen LogP contribution in [0.25, 0.3) is 0 Å². The first kappa shape index (κ1) is 16.5. The molecule has 0 saturated carbocycles. The molecular weight excluding hydrogens is 256 g/mol. The van der Waals surface area contributed by atoms with Gasteiger partial charge in [0, 0.05) is 19.1 Å². The van der Waals surface area contributed by atoms with Crippen molar-refractivity contribution in [1.29, 1.82) is 0 Å². The molecule has 1 fully saturated rings. The fourth-order valence-electron chi connectivity index (χ4n) is 2.54. The average molecular weight is 283 g/mol. The first-order valence-electron chi connectivity index (χ1n) is 6.97. The highest BCUT2D eigenvalue weighted by molar-refractivity contribution is 5.85. The Kier molecular flexibility index (Phi) is 5.84. The SMILES string of the molecule is CN(Cc1ccc(C(C)(C)C)cc1)C1CCNC1.Cl. The van der Waals surface area contributed by atoms with Gasteiger partial charge in [0.1, 0.15) is 0 Å². The Bertz CT molecular complexity index is 375. The maximum absolute atomic E-state index is 3.43. The smallest absolute Gasteiger partial charge is 0.0234 e. The molecular formula is C16H27ClN2. The molecule has 0 amide bonds. The van der Waals surface area contributed by atoms with Gasteiger partial charge in [-0.25, -0.2) is 0 Å². The summed E-state index contributed by atoms with van der Waals surface area (Å²) in [5.74, 6) is 0. The Labute approximate surface area is 124 Å². The number of hydrogen-bond donors (Lipinski definition) is 1. The maximum atomic E-state index is 3.43. The predicted molar refractivity (Wildman–Crippen MR) is 85.1 cm³/mol. The number of nitrogens with zero attached hydrogens (tertiary/aromatic N) is 1. The topological polar surface area (TPSA) is 15.3 Å². The van der Waals surface area contributed by atoms with Gasteiger partial charge in [0.25, 0.3) is 0 Å². The first-order valence-corrected chi connectivity index (χ1v) is 6.97. The van der Waals surface area contributed by atoms with Crippen molar-refractivity contribution in [3.63, 3.8) is 0 Å². The molecule has 3 heteroatoms.